The summed E-state index contributed by atoms with van der Waals surface area (Å²) >= 11 is 0. The normalized spacial score (nSPS) is 10.1. The molecular weight excluding hydrogens is 244 g/mol. The van der Waals surface area contributed by atoms with E-state index < -0.39 is 0 Å². The van der Waals surface area contributed by atoms with Crippen LogP contribution in [-0.2, 0) is 4.79 Å². The summed E-state index contributed by atoms with van der Waals surface area (Å²) in [6.07, 6.45) is 1.22. The predicted octanol–water partition coefficient (Wildman–Crippen LogP) is 2.03. The van der Waals surface area contributed by atoms with E-state index in [0.29, 0.717) is 17.7 Å². The molecule has 0 aliphatic rings. The molecular formula is C14H20N2O3. The molecule has 0 aliphatic carbocycles. The van der Waals surface area contributed by atoms with E-state index in [1.807, 2.05) is 20.8 Å². The molecule has 0 atom stereocenters. The van der Waals surface area contributed by atoms with Crippen LogP contribution in [-0.4, -0.2) is 17.9 Å². The Labute approximate surface area is 113 Å². The van der Waals surface area contributed by atoms with Gasteiger partial charge in [-0.25, -0.2) is 0 Å². The van der Waals surface area contributed by atoms with Crippen molar-refractivity contribution in [2.24, 2.45) is 0 Å². The summed E-state index contributed by atoms with van der Waals surface area (Å²) in [5, 5.41) is 0. The van der Waals surface area contributed by atoms with Gasteiger partial charge in [0.2, 0.25) is 5.91 Å². The van der Waals surface area contributed by atoms with Crippen molar-refractivity contribution in [2.75, 3.05) is 0 Å². The van der Waals surface area contributed by atoms with E-state index in [2.05, 4.69) is 10.9 Å². The van der Waals surface area contributed by atoms with Gasteiger partial charge in [-0.05, 0) is 44.5 Å². The summed E-state index contributed by atoms with van der Waals surface area (Å²) in [5.74, 6) is 0.165. The number of nitrogens with one attached hydrogen (secondary N) is 2. The van der Waals surface area contributed by atoms with Crippen LogP contribution in [0.5, 0.6) is 5.75 Å². The third kappa shape index (κ3) is 5.42. The molecule has 1 rings (SSSR count). The fourth-order valence-corrected chi connectivity index (χ4v) is 1.45. The van der Waals surface area contributed by atoms with Crippen molar-refractivity contribution < 1.29 is 14.3 Å². The smallest absolute Gasteiger partial charge is 0.269 e. The van der Waals surface area contributed by atoms with Crippen LogP contribution in [0.3, 0.4) is 0 Å². The first-order valence-electron chi connectivity index (χ1n) is 6.38. The quantitative estimate of drug-likeness (QED) is 0.800. The zero-order valence-electron chi connectivity index (χ0n) is 11.5. The number of carbonyl (C=O) groups excluding carboxylic acids is 2. The molecule has 0 aliphatic heterocycles. The Bertz CT molecular complexity index is 427. The minimum absolute atomic E-state index is 0.0907. The van der Waals surface area contributed by atoms with Crippen molar-refractivity contribution in [3.8, 4) is 5.75 Å². The van der Waals surface area contributed by atoms with Crippen molar-refractivity contribution in [3.05, 3.63) is 29.8 Å². The number of hydrogen-bond acceptors (Lipinski definition) is 3. The molecule has 1 aromatic rings. The minimum atomic E-state index is -0.347. The Balaban J connectivity index is 2.51. The first-order valence-corrected chi connectivity index (χ1v) is 6.38. The Hall–Kier alpha value is -2.04. The van der Waals surface area contributed by atoms with E-state index in [4.69, 9.17) is 4.74 Å². The maximum absolute atomic E-state index is 11.7. The molecule has 0 saturated heterocycles. The van der Waals surface area contributed by atoms with Gasteiger partial charge in [0.05, 0.1) is 6.10 Å². The van der Waals surface area contributed by atoms with Crippen LogP contribution < -0.4 is 15.6 Å². The number of benzene rings is 1. The van der Waals surface area contributed by atoms with Crippen molar-refractivity contribution >= 4 is 11.8 Å². The maximum Gasteiger partial charge on any atom is 0.269 e. The molecule has 0 heterocycles. The average Bonchev–Trinajstić information content (AvgIpc) is 2.36. The standard InChI is InChI=1S/C14H20N2O3/c1-4-5-13(17)15-16-14(18)11-6-8-12(9-7-11)19-10(2)3/h6-10H,4-5H2,1-3H3,(H,15,17)(H,16,18). The molecule has 0 fully saturated rings. The highest BCUT2D eigenvalue weighted by atomic mass is 16.5. The van der Waals surface area contributed by atoms with Gasteiger partial charge in [0, 0.05) is 12.0 Å². The Morgan fingerprint density at radius 3 is 2.32 bits per heavy atom. The molecule has 5 nitrogen and oxygen atoms in total. The fraction of sp³-hybridized carbons (Fsp3) is 0.429. The van der Waals surface area contributed by atoms with Crippen LogP contribution in [0.4, 0.5) is 0 Å². The van der Waals surface area contributed by atoms with Crippen LogP contribution in [0, 0.1) is 0 Å². The van der Waals surface area contributed by atoms with Gasteiger partial charge in [0.25, 0.3) is 5.91 Å². The van der Waals surface area contributed by atoms with Crippen molar-refractivity contribution in [3.63, 3.8) is 0 Å². The van der Waals surface area contributed by atoms with Crippen LogP contribution in [0.2, 0.25) is 0 Å². The highest BCUT2D eigenvalue weighted by molar-refractivity contribution is 5.95. The number of carbonyl (C=O) groups is 2. The number of hydrogen-bond donors (Lipinski definition) is 2. The topological polar surface area (TPSA) is 67.4 Å². The molecule has 0 aromatic heterocycles. The molecule has 0 unspecified atom stereocenters. The molecule has 0 bridgehead atoms. The van der Waals surface area contributed by atoms with E-state index in [1.54, 1.807) is 24.3 Å². The van der Waals surface area contributed by atoms with Crippen molar-refractivity contribution in [2.45, 2.75) is 39.7 Å². The first-order chi connectivity index (χ1) is 9.02. The Kier molecular flexibility index (Phi) is 5.85. The van der Waals surface area contributed by atoms with E-state index in [-0.39, 0.29) is 17.9 Å². The molecule has 0 radical (unpaired) electrons. The second-order valence-corrected chi connectivity index (χ2v) is 4.44. The molecule has 1 aromatic carbocycles. The molecule has 2 N–H and O–H groups in total. The lowest BCUT2D eigenvalue weighted by Crippen LogP contribution is -2.41. The van der Waals surface area contributed by atoms with E-state index in [9.17, 15) is 9.59 Å². The van der Waals surface area contributed by atoms with E-state index in [0.717, 1.165) is 6.42 Å². The van der Waals surface area contributed by atoms with Crippen molar-refractivity contribution in [1.29, 1.82) is 0 Å². The summed E-state index contributed by atoms with van der Waals surface area (Å²) in [7, 11) is 0. The van der Waals surface area contributed by atoms with Crippen LogP contribution in [0.1, 0.15) is 44.0 Å². The SMILES string of the molecule is CCCC(=O)NNC(=O)c1ccc(OC(C)C)cc1. The van der Waals surface area contributed by atoms with Crippen LogP contribution >= 0.6 is 0 Å². The summed E-state index contributed by atoms with van der Waals surface area (Å²) in [6.45, 7) is 5.77. The van der Waals surface area contributed by atoms with Gasteiger partial charge in [-0.15, -0.1) is 0 Å². The largest absolute Gasteiger partial charge is 0.491 e. The predicted molar refractivity (Wildman–Crippen MR) is 72.7 cm³/mol. The molecule has 104 valence electrons. The molecule has 2 amide bonds. The third-order valence-corrected chi connectivity index (χ3v) is 2.28. The Morgan fingerprint density at radius 2 is 1.79 bits per heavy atom. The van der Waals surface area contributed by atoms with Gasteiger partial charge in [-0.3, -0.25) is 20.4 Å². The lowest BCUT2D eigenvalue weighted by Gasteiger charge is -2.10. The molecule has 0 saturated carbocycles. The number of rotatable bonds is 5. The van der Waals surface area contributed by atoms with Gasteiger partial charge < -0.3 is 4.74 Å². The van der Waals surface area contributed by atoms with E-state index >= 15 is 0 Å². The summed E-state index contributed by atoms with van der Waals surface area (Å²) < 4.78 is 5.48. The van der Waals surface area contributed by atoms with Gasteiger partial charge in [0.1, 0.15) is 5.75 Å². The molecule has 5 heteroatoms. The second kappa shape index (κ2) is 7.41. The highest BCUT2D eigenvalue weighted by Crippen LogP contribution is 2.13. The fourth-order valence-electron chi connectivity index (χ4n) is 1.45. The van der Waals surface area contributed by atoms with Gasteiger partial charge in [0.15, 0.2) is 0 Å². The monoisotopic (exact) mass is 264 g/mol. The van der Waals surface area contributed by atoms with E-state index in [1.165, 1.54) is 0 Å². The second-order valence-electron chi connectivity index (χ2n) is 4.44. The molecule has 0 spiro atoms. The lowest BCUT2D eigenvalue weighted by molar-refractivity contribution is -0.121. The zero-order valence-corrected chi connectivity index (χ0v) is 11.5. The summed E-state index contributed by atoms with van der Waals surface area (Å²) in [4.78, 5) is 22.9. The van der Waals surface area contributed by atoms with Gasteiger partial charge in [-0.1, -0.05) is 6.92 Å². The maximum atomic E-state index is 11.7. The number of ether oxygens (including phenoxy) is 1. The van der Waals surface area contributed by atoms with Crippen LogP contribution in [0.15, 0.2) is 24.3 Å². The third-order valence-electron chi connectivity index (χ3n) is 2.28. The average molecular weight is 264 g/mol. The minimum Gasteiger partial charge on any atom is -0.491 e. The van der Waals surface area contributed by atoms with Gasteiger partial charge in [-0.2, -0.15) is 0 Å². The highest BCUT2D eigenvalue weighted by Gasteiger charge is 2.07. The Morgan fingerprint density at radius 1 is 1.16 bits per heavy atom. The van der Waals surface area contributed by atoms with Gasteiger partial charge >= 0.3 is 0 Å². The zero-order chi connectivity index (χ0) is 14.3. The van der Waals surface area contributed by atoms with Crippen molar-refractivity contribution in [1.82, 2.24) is 10.9 Å². The lowest BCUT2D eigenvalue weighted by atomic mass is 10.2. The molecule has 19 heavy (non-hydrogen) atoms. The first kappa shape index (κ1) is 15.0. The number of amides is 2. The summed E-state index contributed by atoms with van der Waals surface area (Å²) in [5.41, 5.74) is 5.19. The number of hydrazine groups is 1. The summed E-state index contributed by atoms with van der Waals surface area (Å²) in [6, 6.07) is 6.75. The van der Waals surface area contributed by atoms with Crippen LogP contribution in [0.25, 0.3) is 0 Å².